The molecule has 0 aliphatic heterocycles. The van der Waals surface area contributed by atoms with Gasteiger partial charge in [-0.1, -0.05) is 43.2 Å². The average Bonchev–Trinajstić information content (AvgIpc) is 2.85. The fraction of sp³-hybridized carbons (Fsp3) is 0.357. The first-order chi connectivity index (χ1) is 9.47. The highest BCUT2D eigenvalue weighted by Crippen LogP contribution is 2.18. The molecule has 1 aromatic carbocycles. The summed E-state index contributed by atoms with van der Waals surface area (Å²) in [5, 5.41) is 9.78. The second-order valence-corrected chi connectivity index (χ2v) is 4.96. The highest BCUT2D eigenvalue weighted by molar-refractivity contribution is 5.89. The van der Waals surface area contributed by atoms with Crippen molar-refractivity contribution < 1.29 is 9.21 Å². The monoisotopic (exact) mass is 274 g/mol. The summed E-state index contributed by atoms with van der Waals surface area (Å²) < 4.78 is 4.88. The van der Waals surface area contributed by atoms with Crippen LogP contribution in [-0.4, -0.2) is 16.1 Å². The number of hydrogen-bond donors (Lipinski definition) is 2. The highest BCUT2D eigenvalue weighted by Gasteiger charge is 2.17. The molecule has 1 heterocycles. The quantitative estimate of drug-likeness (QED) is 0.891. The van der Waals surface area contributed by atoms with Crippen molar-refractivity contribution in [1.29, 1.82) is 0 Å². The topological polar surface area (TPSA) is 94.0 Å². The minimum absolute atomic E-state index is 0.121. The number of hydrogen-bond acceptors (Lipinski definition) is 5. The minimum Gasteiger partial charge on any atom is -0.399 e. The number of amides is 1. The van der Waals surface area contributed by atoms with Crippen LogP contribution in [0.25, 0.3) is 0 Å². The Morgan fingerprint density at radius 3 is 2.25 bits per heavy atom. The Kier molecular flexibility index (Phi) is 4.02. The van der Waals surface area contributed by atoms with Gasteiger partial charge in [0.1, 0.15) is 0 Å². The molecule has 1 atom stereocenters. The lowest BCUT2D eigenvalue weighted by molar-refractivity contribution is 0.0905. The molecular formula is C14H18N4O2. The summed E-state index contributed by atoms with van der Waals surface area (Å²) in [6, 6.07) is 7.85. The van der Waals surface area contributed by atoms with Crippen molar-refractivity contribution in [1.82, 2.24) is 15.5 Å². The van der Waals surface area contributed by atoms with Crippen molar-refractivity contribution in [3.63, 3.8) is 0 Å². The molecule has 0 saturated carbocycles. The first-order valence-corrected chi connectivity index (χ1v) is 6.47. The third-order valence-electron chi connectivity index (χ3n) is 3.09. The normalized spacial score (nSPS) is 12.4. The molecule has 106 valence electrons. The number of nitrogen functional groups attached to an aromatic ring is 1. The molecule has 0 bridgehead atoms. The van der Waals surface area contributed by atoms with Gasteiger partial charge in [-0.3, -0.25) is 4.79 Å². The largest absolute Gasteiger partial charge is 0.399 e. The van der Waals surface area contributed by atoms with Crippen LogP contribution in [0.5, 0.6) is 0 Å². The SMILES string of the molecule is CC(C)c1ccc(C(C)NC(=O)c2nnc(N)o2)cc1. The smallest absolute Gasteiger partial charge is 0.313 e. The number of carbonyl (C=O) groups excluding carboxylic acids is 1. The number of rotatable bonds is 4. The summed E-state index contributed by atoms with van der Waals surface area (Å²) >= 11 is 0. The van der Waals surface area contributed by atoms with E-state index in [1.807, 2.05) is 19.1 Å². The van der Waals surface area contributed by atoms with Crippen LogP contribution in [0.4, 0.5) is 6.01 Å². The lowest BCUT2D eigenvalue weighted by Crippen LogP contribution is -2.26. The maximum atomic E-state index is 11.9. The van der Waals surface area contributed by atoms with Gasteiger partial charge in [-0.15, -0.1) is 5.10 Å². The van der Waals surface area contributed by atoms with E-state index < -0.39 is 5.91 Å². The van der Waals surface area contributed by atoms with Gasteiger partial charge in [-0.05, 0) is 24.0 Å². The van der Waals surface area contributed by atoms with Gasteiger partial charge in [0, 0.05) is 0 Å². The first kappa shape index (κ1) is 14.0. The van der Waals surface area contributed by atoms with Crippen LogP contribution in [0, 0.1) is 0 Å². The van der Waals surface area contributed by atoms with Gasteiger partial charge in [0.25, 0.3) is 0 Å². The standard InChI is InChI=1S/C14H18N4O2/c1-8(2)10-4-6-11(7-5-10)9(3)16-12(19)13-17-18-14(15)20-13/h4-9H,1-3H3,(H2,15,18)(H,16,19). The number of benzene rings is 1. The molecule has 0 spiro atoms. The molecule has 1 aromatic heterocycles. The van der Waals surface area contributed by atoms with Gasteiger partial charge in [0.05, 0.1) is 6.04 Å². The molecule has 0 aliphatic rings. The van der Waals surface area contributed by atoms with Gasteiger partial charge >= 0.3 is 17.8 Å². The maximum absolute atomic E-state index is 11.9. The Morgan fingerprint density at radius 1 is 1.15 bits per heavy atom. The van der Waals surface area contributed by atoms with Crippen molar-refractivity contribution in [2.75, 3.05) is 5.73 Å². The molecule has 3 N–H and O–H groups in total. The maximum Gasteiger partial charge on any atom is 0.313 e. The van der Waals surface area contributed by atoms with Crippen molar-refractivity contribution in [2.24, 2.45) is 0 Å². The number of nitrogens with one attached hydrogen (secondary N) is 1. The van der Waals surface area contributed by atoms with Crippen LogP contribution in [0.1, 0.15) is 54.5 Å². The van der Waals surface area contributed by atoms with Crippen LogP contribution >= 0.6 is 0 Å². The average molecular weight is 274 g/mol. The minimum atomic E-state index is -0.436. The number of nitrogens with zero attached hydrogens (tertiary/aromatic N) is 2. The van der Waals surface area contributed by atoms with Crippen molar-refractivity contribution >= 4 is 11.9 Å². The highest BCUT2D eigenvalue weighted by atomic mass is 16.4. The van der Waals surface area contributed by atoms with Crippen LogP contribution < -0.4 is 11.1 Å². The molecule has 6 heteroatoms. The van der Waals surface area contributed by atoms with Gasteiger partial charge in [0.2, 0.25) is 0 Å². The lowest BCUT2D eigenvalue weighted by atomic mass is 9.99. The van der Waals surface area contributed by atoms with Crippen molar-refractivity contribution in [3.05, 3.63) is 41.3 Å². The fourth-order valence-corrected chi connectivity index (χ4v) is 1.84. The first-order valence-electron chi connectivity index (χ1n) is 6.47. The third kappa shape index (κ3) is 3.14. The fourth-order valence-electron chi connectivity index (χ4n) is 1.84. The zero-order valence-electron chi connectivity index (χ0n) is 11.8. The summed E-state index contributed by atoms with van der Waals surface area (Å²) in [5.74, 6) is -0.0851. The van der Waals surface area contributed by atoms with Crippen molar-refractivity contribution in [2.45, 2.75) is 32.7 Å². The molecule has 1 amide bonds. The predicted octanol–water partition coefficient (Wildman–Crippen LogP) is 2.27. The Labute approximate surface area is 117 Å². The Morgan fingerprint density at radius 2 is 1.75 bits per heavy atom. The lowest BCUT2D eigenvalue weighted by Gasteiger charge is -2.14. The number of aromatic nitrogens is 2. The van der Waals surface area contributed by atoms with Crippen LogP contribution in [0.2, 0.25) is 0 Å². The molecule has 0 fully saturated rings. The third-order valence-corrected chi connectivity index (χ3v) is 3.09. The van der Waals surface area contributed by atoms with E-state index in [1.54, 1.807) is 0 Å². The Bertz CT molecular complexity index is 589. The van der Waals surface area contributed by atoms with Crippen LogP contribution in [0.3, 0.4) is 0 Å². The molecule has 1 unspecified atom stereocenters. The zero-order chi connectivity index (χ0) is 14.7. The molecule has 2 rings (SSSR count). The zero-order valence-corrected chi connectivity index (χ0v) is 11.8. The number of anilines is 1. The number of nitrogens with two attached hydrogens (primary N) is 1. The molecule has 6 nitrogen and oxygen atoms in total. The molecule has 0 saturated heterocycles. The predicted molar refractivity (Wildman–Crippen MR) is 75.1 cm³/mol. The Balaban J connectivity index is 2.04. The van der Waals surface area contributed by atoms with E-state index in [0.29, 0.717) is 5.92 Å². The van der Waals surface area contributed by atoms with Gasteiger partial charge in [-0.2, -0.15) is 0 Å². The molecule has 0 radical (unpaired) electrons. The summed E-state index contributed by atoms with van der Waals surface area (Å²) in [7, 11) is 0. The van der Waals surface area contributed by atoms with E-state index in [9.17, 15) is 4.79 Å². The van der Waals surface area contributed by atoms with E-state index in [1.165, 1.54) is 5.56 Å². The van der Waals surface area contributed by atoms with Gasteiger partial charge in [0.15, 0.2) is 0 Å². The van der Waals surface area contributed by atoms with E-state index in [4.69, 9.17) is 10.2 Å². The Hall–Kier alpha value is -2.37. The summed E-state index contributed by atoms with van der Waals surface area (Å²) in [4.78, 5) is 11.9. The molecule has 0 aliphatic carbocycles. The van der Waals surface area contributed by atoms with E-state index in [-0.39, 0.29) is 17.9 Å². The van der Waals surface area contributed by atoms with Gasteiger partial charge < -0.3 is 15.5 Å². The summed E-state index contributed by atoms with van der Waals surface area (Å²) in [6.45, 7) is 6.17. The number of carbonyl (C=O) groups is 1. The van der Waals surface area contributed by atoms with Gasteiger partial charge in [-0.25, -0.2) is 0 Å². The van der Waals surface area contributed by atoms with E-state index in [0.717, 1.165) is 5.56 Å². The summed E-state index contributed by atoms with van der Waals surface area (Å²) in [6.07, 6.45) is 0. The van der Waals surface area contributed by atoms with E-state index >= 15 is 0 Å². The van der Waals surface area contributed by atoms with Crippen LogP contribution in [-0.2, 0) is 0 Å². The second kappa shape index (κ2) is 5.73. The van der Waals surface area contributed by atoms with E-state index in [2.05, 4.69) is 41.5 Å². The molecule has 20 heavy (non-hydrogen) atoms. The molecule has 2 aromatic rings. The second-order valence-electron chi connectivity index (χ2n) is 4.96. The van der Waals surface area contributed by atoms with Crippen LogP contribution in [0.15, 0.2) is 28.7 Å². The summed E-state index contributed by atoms with van der Waals surface area (Å²) in [5.41, 5.74) is 7.55. The molecular weight excluding hydrogens is 256 g/mol. The van der Waals surface area contributed by atoms with Crippen molar-refractivity contribution in [3.8, 4) is 0 Å².